The number of carbonyl (C=O) groups is 1. The molecule has 0 atom stereocenters. The van der Waals surface area contributed by atoms with Gasteiger partial charge in [-0.15, -0.1) is 0 Å². The van der Waals surface area contributed by atoms with Crippen LogP contribution in [0.15, 0.2) is 12.1 Å². The van der Waals surface area contributed by atoms with E-state index in [1.807, 2.05) is 13.8 Å². The van der Waals surface area contributed by atoms with Gasteiger partial charge in [-0.25, -0.2) is 4.98 Å². The van der Waals surface area contributed by atoms with Gasteiger partial charge >= 0.3 is 0 Å². The molecule has 0 bridgehead atoms. The summed E-state index contributed by atoms with van der Waals surface area (Å²) in [5.41, 5.74) is 0.00651. The molecule has 0 saturated heterocycles. The molecule has 6 heteroatoms. The van der Waals surface area contributed by atoms with E-state index >= 15 is 0 Å². The Kier molecular flexibility index (Phi) is 6.04. The summed E-state index contributed by atoms with van der Waals surface area (Å²) < 4.78 is 0. The van der Waals surface area contributed by atoms with E-state index in [-0.39, 0.29) is 33.8 Å². The number of carbonyl (C=O) groups excluding carboxylic acids is 1. The number of aliphatic hydroxyl groups excluding tert-OH is 1. The maximum atomic E-state index is 11.8. The number of aliphatic hydroxyl groups is 1. The molecule has 0 radical (unpaired) electrons. The molecule has 0 aliphatic heterocycles. The van der Waals surface area contributed by atoms with Crippen LogP contribution in [0.2, 0.25) is 10.2 Å². The fourth-order valence-electron chi connectivity index (χ4n) is 1.51. The van der Waals surface area contributed by atoms with Gasteiger partial charge in [0.15, 0.2) is 0 Å². The number of hydrogen-bond donors (Lipinski definition) is 2. The molecule has 0 saturated carbocycles. The van der Waals surface area contributed by atoms with Crippen molar-refractivity contribution in [3.8, 4) is 0 Å². The minimum absolute atomic E-state index is 0.128. The summed E-state index contributed by atoms with van der Waals surface area (Å²) in [5, 5.41) is 12.4. The summed E-state index contributed by atoms with van der Waals surface area (Å²) in [7, 11) is 0. The van der Waals surface area contributed by atoms with Crippen LogP contribution in [-0.4, -0.2) is 29.1 Å². The highest BCUT2D eigenvalue weighted by Gasteiger charge is 2.16. The first-order valence-corrected chi connectivity index (χ1v) is 6.82. The van der Waals surface area contributed by atoms with Gasteiger partial charge in [0.25, 0.3) is 5.91 Å². The van der Waals surface area contributed by atoms with Gasteiger partial charge in [-0.05, 0) is 30.4 Å². The van der Waals surface area contributed by atoms with Crippen molar-refractivity contribution in [2.24, 2.45) is 5.41 Å². The van der Waals surface area contributed by atoms with Crippen molar-refractivity contribution in [1.82, 2.24) is 10.3 Å². The molecule has 0 fully saturated rings. The van der Waals surface area contributed by atoms with Crippen LogP contribution in [0.25, 0.3) is 0 Å². The number of aromatic nitrogens is 1. The Labute approximate surface area is 123 Å². The zero-order chi connectivity index (χ0) is 14.5. The maximum Gasteiger partial charge on any atom is 0.271 e. The molecule has 2 N–H and O–H groups in total. The van der Waals surface area contributed by atoms with Gasteiger partial charge in [-0.2, -0.15) is 0 Å². The molecular weight excluding hydrogens is 287 g/mol. The molecule has 0 spiro atoms. The number of hydrogen-bond acceptors (Lipinski definition) is 3. The fraction of sp³-hybridized carbons (Fsp3) is 0.538. The lowest BCUT2D eigenvalue weighted by atomic mass is 9.89. The Morgan fingerprint density at radius 1 is 1.42 bits per heavy atom. The zero-order valence-electron chi connectivity index (χ0n) is 11.0. The van der Waals surface area contributed by atoms with Crippen LogP contribution in [0, 0.1) is 5.41 Å². The molecule has 0 aliphatic carbocycles. The third-order valence-electron chi connectivity index (χ3n) is 2.77. The lowest BCUT2D eigenvalue weighted by molar-refractivity contribution is 0.0944. The molecule has 0 unspecified atom stereocenters. The molecule has 1 aromatic heterocycles. The highest BCUT2D eigenvalue weighted by Crippen LogP contribution is 2.20. The number of amides is 1. The molecule has 1 heterocycles. The second kappa shape index (κ2) is 7.08. The van der Waals surface area contributed by atoms with Crippen molar-refractivity contribution in [2.75, 3.05) is 13.2 Å². The van der Waals surface area contributed by atoms with Gasteiger partial charge in [0.1, 0.15) is 10.8 Å². The monoisotopic (exact) mass is 304 g/mol. The van der Waals surface area contributed by atoms with Gasteiger partial charge in [0, 0.05) is 13.2 Å². The predicted molar refractivity (Wildman–Crippen MR) is 76.7 cm³/mol. The largest absolute Gasteiger partial charge is 0.396 e. The molecule has 1 amide bonds. The number of nitrogens with one attached hydrogen (secondary N) is 1. The Morgan fingerprint density at radius 2 is 2.11 bits per heavy atom. The van der Waals surface area contributed by atoms with E-state index in [0.29, 0.717) is 6.54 Å². The summed E-state index contributed by atoms with van der Waals surface area (Å²) in [6.07, 6.45) is 1.60. The van der Waals surface area contributed by atoms with Crippen LogP contribution >= 0.6 is 23.2 Å². The average Bonchev–Trinajstić information content (AvgIpc) is 2.37. The summed E-state index contributed by atoms with van der Waals surface area (Å²) in [6.45, 7) is 4.59. The van der Waals surface area contributed by atoms with Gasteiger partial charge < -0.3 is 10.4 Å². The lowest BCUT2D eigenvalue weighted by Gasteiger charge is -2.21. The van der Waals surface area contributed by atoms with Crippen molar-refractivity contribution >= 4 is 29.1 Å². The van der Waals surface area contributed by atoms with Crippen LogP contribution < -0.4 is 5.32 Å². The van der Waals surface area contributed by atoms with Crippen molar-refractivity contribution in [2.45, 2.75) is 26.7 Å². The SMILES string of the molecule is CC(C)(CO)CCCNC(=O)c1nc(Cl)ccc1Cl. The highest BCUT2D eigenvalue weighted by molar-refractivity contribution is 6.34. The zero-order valence-corrected chi connectivity index (χ0v) is 12.6. The number of pyridine rings is 1. The second-order valence-corrected chi connectivity index (χ2v) is 5.94. The van der Waals surface area contributed by atoms with Gasteiger partial charge in [-0.3, -0.25) is 4.79 Å². The van der Waals surface area contributed by atoms with Crippen LogP contribution in [0.4, 0.5) is 0 Å². The topological polar surface area (TPSA) is 62.2 Å². The van der Waals surface area contributed by atoms with Crippen molar-refractivity contribution in [1.29, 1.82) is 0 Å². The Balaban J connectivity index is 2.46. The van der Waals surface area contributed by atoms with E-state index in [9.17, 15) is 4.79 Å². The second-order valence-electron chi connectivity index (χ2n) is 5.15. The van der Waals surface area contributed by atoms with E-state index in [0.717, 1.165) is 12.8 Å². The van der Waals surface area contributed by atoms with E-state index in [1.165, 1.54) is 6.07 Å². The van der Waals surface area contributed by atoms with Crippen molar-refractivity contribution in [3.63, 3.8) is 0 Å². The molecular formula is C13H18Cl2N2O2. The molecule has 19 heavy (non-hydrogen) atoms. The van der Waals surface area contributed by atoms with Gasteiger partial charge in [-0.1, -0.05) is 37.0 Å². The maximum absolute atomic E-state index is 11.8. The van der Waals surface area contributed by atoms with E-state index in [4.69, 9.17) is 28.3 Å². The first kappa shape index (κ1) is 16.2. The van der Waals surface area contributed by atoms with E-state index in [1.54, 1.807) is 6.07 Å². The van der Waals surface area contributed by atoms with Crippen LogP contribution in [0.1, 0.15) is 37.2 Å². The van der Waals surface area contributed by atoms with Crippen LogP contribution in [-0.2, 0) is 0 Å². The number of rotatable bonds is 6. The third kappa shape index (κ3) is 5.35. The molecule has 1 rings (SSSR count). The van der Waals surface area contributed by atoms with Crippen molar-refractivity contribution < 1.29 is 9.90 Å². The Hall–Kier alpha value is -0.840. The van der Waals surface area contributed by atoms with Gasteiger partial charge in [0.2, 0.25) is 0 Å². The quantitative estimate of drug-likeness (QED) is 0.627. The van der Waals surface area contributed by atoms with E-state index in [2.05, 4.69) is 10.3 Å². The molecule has 106 valence electrons. The number of nitrogens with zero attached hydrogens (tertiary/aromatic N) is 1. The molecule has 0 aromatic carbocycles. The third-order valence-corrected chi connectivity index (χ3v) is 3.29. The normalized spacial score (nSPS) is 11.4. The van der Waals surface area contributed by atoms with E-state index < -0.39 is 0 Å². The molecule has 0 aliphatic rings. The minimum Gasteiger partial charge on any atom is -0.396 e. The van der Waals surface area contributed by atoms with Crippen LogP contribution in [0.5, 0.6) is 0 Å². The van der Waals surface area contributed by atoms with Gasteiger partial charge in [0.05, 0.1) is 5.02 Å². The highest BCUT2D eigenvalue weighted by atomic mass is 35.5. The standard InChI is InChI=1S/C13H18Cl2N2O2/c1-13(2,8-18)6-3-7-16-12(19)11-9(14)4-5-10(15)17-11/h4-5,18H,3,6-8H2,1-2H3,(H,16,19). The Morgan fingerprint density at radius 3 is 2.74 bits per heavy atom. The predicted octanol–water partition coefficient (Wildman–Crippen LogP) is 2.92. The minimum atomic E-state index is -0.339. The average molecular weight is 305 g/mol. The molecule has 1 aromatic rings. The molecule has 4 nitrogen and oxygen atoms in total. The Bertz CT molecular complexity index is 450. The summed E-state index contributed by atoms with van der Waals surface area (Å²) in [5.74, 6) is -0.339. The van der Waals surface area contributed by atoms with Crippen molar-refractivity contribution in [3.05, 3.63) is 28.0 Å². The summed E-state index contributed by atoms with van der Waals surface area (Å²) >= 11 is 11.6. The summed E-state index contributed by atoms with van der Waals surface area (Å²) in [6, 6.07) is 3.07. The van der Waals surface area contributed by atoms with Crippen LogP contribution in [0.3, 0.4) is 0 Å². The fourth-order valence-corrected chi connectivity index (χ4v) is 1.85. The first-order chi connectivity index (χ1) is 8.85. The smallest absolute Gasteiger partial charge is 0.271 e. The lowest BCUT2D eigenvalue weighted by Crippen LogP contribution is -2.27. The number of halogens is 2. The first-order valence-electron chi connectivity index (χ1n) is 6.07. The summed E-state index contributed by atoms with van der Waals surface area (Å²) in [4.78, 5) is 15.7.